The second-order valence-corrected chi connectivity index (χ2v) is 8.30. The van der Waals surface area contributed by atoms with Crippen molar-refractivity contribution in [2.75, 3.05) is 32.7 Å². The smallest absolute Gasteiger partial charge is 0.191 e. The molecule has 8 heteroatoms. The zero-order valence-electron chi connectivity index (χ0n) is 17.1. The van der Waals surface area contributed by atoms with Gasteiger partial charge in [0.1, 0.15) is 12.2 Å². The van der Waals surface area contributed by atoms with Crippen LogP contribution in [0, 0.1) is 5.92 Å². The summed E-state index contributed by atoms with van der Waals surface area (Å²) in [6.07, 6.45) is 5.24. The summed E-state index contributed by atoms with van der Waals surface area (Å²) in [7, 11) is 0. The van der Waals surface area contributed by atoms with Gasteiger partial charge in [-0.15, -0.1) is 21.5 Å². The van der Waals surface area contributed by atoms with Crippen molar-refractivity contribution < 1.29 is 0 Å². The highest BCUT2D eigenvalue weighted by Gasteiger charge is 2.20. The van der Waals surface area contributed by atoms with Crippen LogP contribution < -0.4 is 10.6 Å². The van der Waals surface area contributed by atoms with Crippen molar-refractivity contribution >= 4 is 17.3 Å². The zero-order chi connectivity index (χ0) is 19.6. The van der Waals surface area contributed by atoms with Gasteiger partial charge >= 0.3 is 0 Å². The van der Waals surface area contributed by atoms with E-state index in [9.17, 15) is 0 Å². The maximum atomic E-state index is 4.86. The Morgan fingerprint density at radius 2 is 2.29 bits per heavy atom. The number of hydrogen-bond donors (Lipinski definition) is 2. The molecule has 0 amide bonds. The number of piperidine rings is 1. The molecule has 2 N–H and O–H groups in total. The molecule has 0 spiro atoms. The quantitative estimate of drug-likeness (QED) is 0.497. The van der Waals surface area contributed by atoms with Crippen LogP contribution in [0.3, 0.4) is 0 Å². The molecule has 2 aromatic rings. The number of nitrogens with one attached hydrogen (secondary N) is 2. The fourth-order valence-corrected chi connectivity index (χ4v) is 4.41. The van der Waals surface area contributed by atoms with E-state index in [0.717, 1.165) is 57.5 Å². The van der Waals surface area contributed by atoms with E-state index in [4.69, 9.17) is 4.99 Å². The lowest BCUT2D eigenvalue weighted by molar-refractivity contribution is 0.172. The first-order valence-electron chi connectivity index (χ1n) is 10.4. The predicted octanol–water partition coefficient (Wildman–Crippen LogP) is 2.37. The zero-order valence-corrected chi connectivity index (χ0v) is 17.9. The molecule has 0 aromatic carbocycles. The monoisotopic (exact) mass is 403 g/mol. The summed E-state index contributed by atoms with van der Waals surface area (Å²) in [6, 6.07) is 4.38. The molecular formula is C20H33N7S. The van der Waals surface area contributed by atoms with Gasteiger partial charge in [0.2, 0.25) is 0 Å². The van der Waals surface area contributed by atoms with Crippen molar-refractivity contribution in [3.05, 3.63) is 34.5 Å². The van der Waals surface area contributed by atoms with Crippen molar-refractivity contribution in [2.45, 2.75) is 46.2 Å². The Hall–Kier alpha value is -1.93. The van der Waals surface area contributed by atoms with Gasteiger partial charge in [-0.25, -0.2) is 0 Å². The molecule has 1 aliphatic rings. The predicted molar refractivity (Wildman–Crippen MR) is 116 cm³/mol. The van der Waals surface area contributed by atoms with Crippen LogP contribution in [0.25, 0.3) is 0 Å². The number of aryl methyl sites for hydroxylation is 1. The molecule has 3 rings (SSSR count). The molecule has 1 atom stereocenters. The SMILES string of the molecule is CCNC(=NCC1CCCN(Cc2cccs2)C1)NCCn1cnnc1CC. The minimum absolute atomic E-state index is 0.633. The molecule has 1 fully saturated rings. The number of likely N-dealkylation sites (tertiary alicyclic amines) is 1. The molecule has 3 heterocycles. The van der Waals surface area contributed by atoms with Gasteiger partial charge in [-0.2, -0.15) is 0 Å². The number of hydrogen-bond acceptors (Lipinski definition) is 5. The summed E-state index contributed by atoms with van der Waals surface area (Å²) in [4.78, 5) is 8.90. The highest BCUT2D eigenvalue weighted by atomic mass is 32.1. The molecule has 1 aliphatic heterocycles. The van der Waals surface area contributed by atoms with Crippen LogP contribution in [0.4, 0.5) is 0 Å². The fourth-order valence-electron chi connectivity index (χ4n) is 3.66. The number of guanidine groups is 1. The maximum Gasteiger partial charge on any atom is 0.191 e. The van der Waals surface area contributed by atoms with Crippen LogP contribution in [-0.4, -0.2) is 58.3 Å². The molecule has 0 radical (unpaired) electrons. The molecule has 0 saturated carbocycles. The third kappa shape index (κ3) is 6.31. The van der Waals surface area contributed by atoms with Gasteiger partial charge in [-0.05, 0) is 43.7 Å². The van der Waals surface area contributed by atoms with E-state index in [0.29, 0.717) is 5.92 Å². The van der Waals surface area contributed by atoms with E-state index in [1.807, 2.05) is 11.3 Å². The van der Waals surface area contributed by atoms with E-state index in [2.05, 4.69) is 61.7 Å². The molecule has 1 unspecified atom stereocenters. The largest absolute Gasteiger partial charge is 0.357 e. The summed E-state index contributed by atoms with van der Waals surface area (Å²) in [5.41, 5.74) is 0. The van der Waals surface area contributed by atoms with Gasteiger partial charge in [0.05, 0.1) is 0 Å². The van der Waals surface area contributed by atoms with Crippen LogP contribution >= 0.6 is 11.3 Å². The van der Waals surface area contributed by atoms with Gasteiger partial charge in [-0.1, -0.05) is 13.0 Å². The van der Waals surface area contributed by atoms with Gasteiger partial charge in [0.15, 0.2) is 5.96 Å². The number of aromatic nitrogens is 3. The maximum absolute atomic E-state index is 4.86. The van der Waals surface area contributed by atoms with E-state index >= 15 is 0 Å². The molecule has 28 heavy (non-hydrogen) atoms. The topological polar surface area (TPSA) is 70.4 Å². The molecular weight excluding hydrogens is 370 g/mol. The summed E-state index contributed by atoms with van der Waals surface area (Å²) >= 11 is 1.85. The Labute approximate surface area is 172 Å². The first kappa shape index (κ1) is 20.8. The molecule has 0 aliphatic carbocycles. The summed E-state index contributed by atoms with van der Waals surface area (Å²) in [5, 5.41) is 17.1. The van der Waals surface area contributed by atoms with E-state index in [-0.39, 0.29) is 0 Å². The first-order chi connectivity index (χ1) is 13.8. The average molecular weight is 404 g/mol. The minimum Gasteiger partial charge on any atom is -0.357 e. The summed E-state index contributed by atoms with van der Waals surface area (Å²) < 4.78 is 2.10. The second kappa shape index (κ2) is 11.2. The molecule has 2 aromatic heterocycles. The third-order valence-corrected chi connectivity index (χ3v) is 5.93. The van der Waals surface area contributed by atoms with E-state index in [1.54, 1.807) is 6.33 Å². The molecule has 7 nitrogen and oxygen atoms in total. The lowest BCUT2D eigenvalue weighted by atomic mass is 9.98. The number of thiophene rings is 1. The van der Waals surface area contributed by atoms with Gasteiger partial charge in [0.25, 0.3) is 0 Å². The third-order valence-electron chi connectivity index (χ3n) is 5.07. The van der Waals surface area contributed by atoms with Crippen molar-refractivity contribution in [3.8, 4) is 0 Å². The Morgan fingerprint density at radius 3 is 3.07 bits per heavy atom. The Balaban J connectivity index is 1.46. The Bertz CT molecular complexity index is 710. The summed E-state index contributed by atoms with van der Waals surface area (Å²) in [6.45, 7) is 11.0. The van der Waals surface area contributed by atoms with Crippen molar-refractivity contribution in [2.24, 2.45) is 10.9 Å². The highest BCUT2D eigenvalue weighted by molar-refractivity contribution is 7.09. The van der Waals surface area contributed by atoms with E-state index in [1.165, 1.54) is 24.3 Å². The molecule has 154 valence electrons. The van der Waals surface area contributed by atoms with Crippen molar-refractivity contribution in [1.29, 1.82) is 0 Å². The van der Waals surface area contributed by atoms with Gasteiger partial charge in [-0.3, -0.25) is 9.89 Å². The lowest BCUT2D eigenvalue weighted by Crippen LogP contribution is -2.40. The minimum atomic E-state index is 0.633. The van der Waals surface area contributed by atoms with Crippen molar-refractivity contribution in [3.63, 3.8) is 0 Å². The van der Waals surface area contributed by atoms with Crippen LogP contribution in [0.2, 0.25) is 0 Å². The van der Waals surface area contributed by atoms with Gasteiger partial charge in [0, 0.05) is 50.6 Å². The molecule has 0 bridgehead atoms. The van der Waals surface area contributed by atoms with Crippen LogP contribution in [0.15, 0.2) is 28.8 Å². The normalized spacial score (nSPS) is 18.4. The lowest BCUT2D eigenvalue weighted by Gasteiger charge is -2.31. The fraction of sp³-hybridized carbons (Fsp3) is 0.650. The summed E-state index contributed by atoms with van der Waals surface area (Å²) in [5.74, 6) is 2.56. The van der Waals surface area contributed by atoms with Crippen LogP contribution in [-0.2, 0) is 19.5 Å². The number of rotatable bonds is 9. The average Bonchev–Trinajstić information content (AvgIpc) is 3.38. The number of aliphatic imine (C=N–C) groups is 1. The van der Waals surface area contributed by atoms with Crippen molar-refractivity contribution in [1.82, 2.24) is 30.3 Å². The van der Waals surface area contributed by atoms with Crippen LogP contribution in [0.1, 0.15) is 37.4 Å². The molecule has 1 saturated heterocycles. The van der Waals surface area contributed by atoms with E-state index < -0.39 is 0 Å². The number of nitrogens with zero attached hydrogens (tertiary/aromatic N) is 5. The second-order valence-electron chi connectivity index (χ2n) is 7.26. The van der Waals surface area contributed by atoms with Crippen LogP contribution in [0.5, 0.6) is 0 Å². The first-order valence-corrected chi connectivity index (χ1v) is 11.3. The Kier molecular flexibility index (Phi) is 8.29. The Morgan fingerprint density at radius 1 is 1.36 bits per heavy atom. The standard InChI is InChI=1S/C20H33N7S/c1-3-19-25-24-16-27(19)11-9-22-20(21-4-2)23-13-17-7-5-10-26(14-17)15-18-8-6-12-28-18/h6,8,12,16-17H,3-5,7,9-11,13-15H2,1-2H3,(H2,21,22,23). The highest BCUT2D eigenvalue weighted by Crippen LogP contribution is 2.20. The van der Waals surface area contributed by atoms with Gasteiger partial charge < -0.3 is 15.2 Å².